The minimum Gasteiger partial charge on any atom is -0.488 e. The van der Waals surface area contributed by atoms with E-state index in [1.165, 1.54) is 0 Å². The molecular formula is C20H20ClNO4S. The van der Waals surface area contributed by atoms with Crippen LogP contribution in [0.25, 0.3) is 0 Å². The van der Waals surface area contributed by atoms with E-state index in [1.807, 2.05) is 30.3 Å². The summed E-state index contributed by atoms with van der Waals surface area (Å²) in [6.45, 7) is 3.03. The monoisotopic (exact) mass is 405 g/mol. The number of rotatable bonds is 6. The van der Waals surface area contributed by atoms with Crippen LogP contribution in [0.2, 0.25) is 5.02 Å². The molecule has 0 radical (unpaired) electrons. The van der Waals surface area contributed by atoms with E-state index in [2.05, 4.69) is 4.90 Å². The zero-order valence-corrected chi connectivity index (χ0v) is 16.3. The number of aliphatic carboxylic acids is 1. The van der Waals surface area contributed by atoms with Crippen molar-refractivity contribution >= 4 is 34.8 Å². The van der Waals surface area contributed by atoms with Crippen LogP contribution in [0.4, 0.5) is 0 Å². The molecule has 2 aromatic rings. The number of morpholine rings is 1. The van der Waals surface area contributed by atoms with Crippen LogP contribution < -0.4 is 4.74 Å². The Bertz CT molecular complexity index is 819. The van der Waals surface area contributed by atoms with E-state index in [1.54, 1.807) is 12.1 Å². The molecule has 0 bridgehead atoms. The summed E-state index contributed by atoms with van der Waals surface area (Å²) in [4.78, 5) is 13.8. The first-order valence-corrected chi connectivity index (χ1v) is 9.40. The molecule has 0 aliphatic carbocycles. The van der Waals surface area contributed by atoms with Gasteiger partial charge in [-0.3, -0.25) is 4.79 Å². The van der Waals surface area contributed by atoms with E-state index in [0.29, 0.717) is 54.2 Å². The number of thiocarbonyl (C=S) groups is 1. The molecular weight excluding hydrogens is 386 g/mol. The molecule has 1 aliphatic heterocycles. The molecule has 0 spiro atoms. The van der Waals surface area contributed by atoms with Gasteiger partial charge in [0.2, 0.25) is 0 Å². The number of hydrogen-bond donors (Lipinski definition) is 1. The van der Waals surface area contributed by atoms with E-state index < -0.39 is 5.97 Å². The highest BCUT2D eigenvalue weighted by molar-refractivity contribution is 7.80. The van der Waals surface area contributed by atoms with Crippen LogP contribution >= 0.6 is 23.8 Å². The molecule has 1 heterocycles. The quantitative estimate of drug-likeness (QED) is 0.741. The molecule has 1 N–H and O–H groups in total. The van der Waals surface area contributed by atoms with Gasteiger partial charge in [-0.1, -0.05) is 42.0 Å². The summed E-state index contributed by atoms with van der Waals surface area (Å²) >= 11 is 11.6. The fourth-order valence-electron chi connectivity index (χ4n) is 2.83. The maximum absolute atomic E-state index is 11.1. The van der Waals surface area contributed by atoms with Gasteiger partial charge in [-0.15, -0.1) is 0 Å². The highest BCUT2D eigenvalue weighted by Gasteiger charge is 2.19. The smallest absolute Gasteiger partial charge is 0.307 e. The van der Waals surface area contributed by atoms with E-state index >= 15 is 0 Å². The van der Waals surface area contributed by atoms with Gasteiger partial charge in [0.15, 0.2) is 0 Å². The molecule has 27 heavy (non-hydrogen) atoms. The minimum atomic E-state index is -0.881. The first kappa shape index (κ1) is 19.6. The number of carboxylic acids is 1. The Morgan fingerprint density at radius 1 is 1.15 bits per heavy atom. The van der Waals surface area contributed by atoms with Gasteiger partial charge < -0.3 is 19.5 Å². The first-order valence-electron chi connectivity index (χ1n) is 8.62. The van der Waals surface area contributed by atoms with E-state index in [9.17, 15) is 4.79 Å². The zero-order chi connectivity index (χ0) is 19.2. The summed E-state index contributed by atoms with van der Waals surface area (Å²) in [7, 11) is 0. The third kappa shape index (κ3) is 5.42. The third-order valence-corrected chi connectivity index (χ3v) is 4.97. The number of benzene rings is 2. The molecule has 0 amide bonds. The van der Waals surface area contributed by atoms with Crippen molar-refractivity contribution in [2.45, 2.75) is 13.0 Å². The second-order valence-corrected chi connectivity index (χ2v) is 7.04. The molecule has 1 fully saturated rings. The number of halogens is 1. The van der Waals surface area contributed by atoms with Gasteiger partial charge in [-0.2, -0.15) is 0 Å². The molecule has 0 saturated carbocycles. The SMILES string of the molecule is O=C(O)Cc1ccc(OCc2ccc(Cl)cc2)c(C(=S)N2CCOCC2)c1. The lowest BCUT2D eigenvalue weighted by molar-refractivity contribution is -0.136. The summed E-state index contributed by atoms with van der Waals surface area (Å²) in [5.41, 5.74) is 2.41. The Labute approximate surface area is 168 Å². The highest BCUT2D eigenvalue weighted by atomic mass is 35.5. The Hall–Kier alpha value is -2.15. The number of nitrogens with zero attached hydrogens (tertiary/aromatic N) is 1. The lowest BCUT2D eigenvalue weighted by atomic mass is 10.1. The Balaban J connectivity index is 1.83. The third-order valence-electron chi connectivity index (χ3n) is 4.24. The molecule has 0 unspecified atom stereocenters. The highest BCUT2D eigenvalue weighted by Crippen LogP contribution is 2.25. The normalized spacial score (nSPS) is 14.0. The number of ether oxygens (including phenoxy) is 2. The second kappa shape index (κ2) is 9.17. The summed E-state index contributed by atoms with van der Waals surface area (Å²) in [5.74, 6) is -0.247. The molecule has 7 heteroatoms. The summed E-state index contributed by atoms with van der Waals surface area (Å²) in [6.07, 6.45) is -0.0593. The summed E-state index contributed by atoms with van der Waals surface area (Å²) in [5, 5.41) is 9.76. The van der Waals surface area contributed by atoms with Gasteiger partial charge in [0.25, 0.3) is 0 Å². The lowest BCUT2D eigenvalue weighted by Gasteiger charge is -2.30. The Morgan fingerprint density at radius 3 is 2.48 bits per heavy atom. The molecule has 0 aromatic heterocycles. The number of carbonyl (C=O) groups is 1. The number of hydrogen-bond acceptors (Lipinski definition) is 4. The van der Waals surface area contributed by atoms with Crippen molar-refractivity contribution in [1.82, 2.24) is 4.90 Å². The van der Waals surface area contributed by atoms with Crippen molar-refractivity contribution in [3.63, 3.8) is 0 Å². The first-order chi connectivity index (χ1) is 13.0. The second-order valence-electron chi connectivity index (χ2n) is 6.22. The van der Waals surface area contributed by atoms with Crippen molar-refractivity contribution in [3.05, 3.63) is 64.2 Å². The van der Waals surface area contributed by atoms with Crippen LogP contribution in [0.3, 0.4) is 0 Å². The van der Waals surface area contributed by atoms with Crippen LogP contribution in [-0.4, -0.2) is 47.3 Å². The fourth-order valence-corrected chi connectivity index (χ4v) is 3.30. The molecule has 142 valence electrons. The molecule has 1 saturated heterocycles. The summed E-state index contributed by atoms with van der Waals surface area (Å²) in [6, 6.07) is 12.8. The van der Waals surface area contributed by atoms with Gasteiger partial charge in [0, 0.05) is 18.1 Å². The van der Waals surface area contributed by atoms with Crippen molar-refractivity contribution < 1.29 is 19.4 Å². The number of carboxylic acid groups (broad SMARTS) is 1. The van der Waals surface area contributed by atoms with Gasteiger partial charge in [-0.25, -0.2) is 0 Å². The molecule has 0 atom stereocenters. The average Bonchev–Trinajstić information content (AvgIpc) is 2.68. The van der Waals surface area contributed by atoms with Crippen molar-refractivity contribution in [2.75, 3.05) is 26.3 Å². The molecule has 5 nitrogen and oxygen atoms in total. The standard InChI is InChI=1S/C20H20ClNO4S/c21-16-4-1-14(2-5-16)13-26-18-6-3-15(12-19(23)24)11-17(18)20(27)22-7-9-25-10-8-22/h1-6,11H,7-10,12-13H2,(H,23,24). The molecule has 3 rings (SSSR count). The predicted molar refractivity (Wildman–Crippen MR) is 108 cm³/mol. The van der Waals surface area contributed by atoms with Crippen molar-refractivity contribution in [3.8, 4) is 5.75 Å². The largest absolute Gasteiger partial charge is 0.488 e. The van der Waals surface area contributed by atoms with Crippen LogP contribution in [0, 0.1) is 0 Å². The maximum atomic E-state index is 11.1. The van der Waals surface area contributed by atoms with Crippen molar-refractivity contribution in [1.29, 1.82) is 0 Å². The van der Waals surface area contributed by atoms with Gasteiger partial charge in [0.1, 0.15) is 17.3 Å². The van der Waals surface area contributed by atoms with Crippen LogP contribution in [0.1, 0.15) is 16.7 Å². The summed E-state index contributed by atoms with van der Waals surface area (Å²) < 4.78 is 11.4. The van der Waals surface area contributed by atoms with Gasteiger partial charge in [0.05, 0.1) is 25.2 Å². The van der Waals surface area contributed by atoms with E-state index in [-0.39, 0.29) is 6.42 Å². The topological polar surface area (TPSA) is 59.0 Å². The average molecular weight is 406 g/mol. The van der Waals surface area contributed by atoms with E-state index in [4.69, 9.17) is 38.4 Å². The van der Waals surface area contributed by atoms with Crippen molar-refractivity contribution in [2.24, 2.45) is 0 Å². The lowest BCUT2D eigenvalue weighted by Crippen LogP contribution is -2.40. The minimum absolute atomic E-state index is 0.0593. The Kier molecular flexibility index (Phi) is 6.66. The fraction of sp³-hybridized carbons (Fsp3) is 0.300. The molecule has 2 aromatic carbocycles. The van der Waals surface area contributed by atoms with Crippen LogP contribution in [0.5, 0.6) is 5.75 Å². The van der Waals surface area contributed by atoms with Gasteiger partial charge in [-0.05, 0) is 35.4 Å². The molecule has 1 aliphatic rings. The van der Waals surface area contributed by atoms with Gasteiger partial charge >= 0.3 is 5.97 Å². The van der Waals surface area contributed by atoms with Crippen LogP contribution in [-0.2, 0) is 22.6 Å². The zero-order valence-electron chi connectivity index (χ0n) is 14.7. The van der Waals surface area contributed by atoms with E-state index in [0.717, 1.165) is 11.1 Å². The Morgan fingerprint density at radius 2 is 1.81 bits per heavy atom. The maximum Gasteiger partial charge on any atom is 0.307 e. The predicted octanol–water partition coefficient (Wildman–Crippen LogP) is 3.55. The van der Waals surface area contributed by atoms with Crippen LogP contribution in [0.15, 0.2) is 42.5 Å².